The molecule has 3 nitrogen and oxygen atoms in total. The number of piperidine rings is 1. The van der Waals surface area contributed by atoms with Crippen LogP contribution in [0.4, 0.5) is 0 Å². The molecule has 1 heterocycles. The fourth-order valence-electron chi connectivity index (χ4n) is 2.89. The van der Waals surface area contributed by atoms with Gasteiger partial charge >= 0.3 is 0 Å². The number of amides is 1. The Balaban J connectivity index is 2.58. The highest BCUT2D eigenvalue weighted by atomic mass is 16.2. The molecule has 0 aliphatic carbocycles. The molecule has 1 aliphatic rings. The zero-order valence-corrected chi connectivity index (χ0v) is 13.5. The number of rotatable bonds is 4. The zero-order valence-electron chi connectivity index (χ0n) is 13.5. The van der Waals surface area contributed by atoms with Crippen molar-refractivity contribution in [1.29, 1.82) is 0 Å². The van der Waals surface area contributed by atoms with Gasteiger partial charge in [0.15, 0.2) is 0 Å². The van der Waals surface area contributed by atoms with Crippen molar-refractivity contribution in [2.24, 2.45) is 22.5 Å². The Labute approximate surface area is 118 Å². The summed E-state index contributed by atoms with van der Waals surface area (Å²) >= 11 is 0. The Morgan fingerprint density at radius 1 is 1.32 bits per heavy atom. The molecule has 1 fully saturated rings. The van der Waals surface area contributed by atoms with E-state index in [0.717, 1.165) is 32.4 Å². The average Bonchev–Trinajstić information content (AvgIpc) is 2.35. The van der Waals surface area contributed by atoms with E-state index in [2.05, 4.69) is 34.6 Å². The van der Waals surface area contributed by atoms with E-state index >= 15 is 0 Å². The fourth-order valence-corrected chi connectivity index (χ4v) is 2.89. The second-order valence-electron chi connectivity index (χ2n) is 7.69. The predicted octanol–water partition coefficient (Wildman–Crippen LogP) is 3.04. The molecule has 1 unspecified atom stereocenters. The normalized spacial score (nSPS) is 21.3. The van der Waals surface area contributed by atoms with Gasteiger partial charge in [-0.3, -0.25) is 4.79 Å². The lowest BCUT2D eigenvalue weighted by atomic mass is 9.77. The lowest BCUT2D eigenvalue weighted by Crippen LogP contribution is -2.46. The number of nitrogens with two attached hydrogens (primary N) is 1. The predicted molar refractivity (Wildman–Crippen MR) is 80.8 cm³/mol. The SMILES string of the molecule is CCC1(C)CCN(C(=O)C(CN)CC(C)(C)C)CC1. The first-order valence-corrected chi connectivity index (χ1v) is 7.69. The summed E-state index contributed by atoms with van der Waals surface area (Å²) in [5.41, 5.74) is 6.41. The van der Waals surface area contributed by atoms with Gasteiger partial charge in [0, 0.05) is 19.6 Å². The van der Waals surface area contributed by atoms with Crippen LogP contribution in [0.3, 0.4) is 0 Å². The van der Waals surface area contributed by atoms with E-state index in [1.165, 1.54) is 6.42 Å². The first-order chi connectivity index (χ1) is 8.71. The summed E-state index contributed by atoms with van der Waals surface area (Å²) in [4.78, 5) is 14.6. The van der Waals surface area contributed by atoms with Gasteiger partial charge < -0.3 is 10.6 Å². The molecule has 0 spiro atoms. The fraction of sp³-hybridized carbons (Fsp3) is 0.938. The van der Waals surface area contributed by atoms with Gasteiger partial charge in [0.1, 0.15) is 0 Å². The Morgan fingerprint density at radius 3 is 2.21 bits per heavy atom. The van der Waals surface area contributed by atoms with Crippen LogP contribution in [0.2, 0.25) is 0 Å². The van der Waals surface area contributed by atoms with E-state index in [1.54, 1.807) is 0 Å². The van der Waals surface area contributed by atoms with Gasteiger partial charge in [0.05, 0.1) is 5.92 Å². The molecule has 1 atom stereocenters. The van der Waals surface area contributed by atoms with Crippen molar-refractivity contribution in [3.63, 3.8) is 0 Å². The number of carbonyl (C=O) groups excluding carboxylic acids is 1. The van der Waals surface area contributed by atoms with Crippen molar-refractivity contribution >= 4 is 5.91 Å². The zero-order chi connectivity index (χ0) is 14.7. The molecule has 1 rings (SSSR count). The summed E-state index contributed by atoms with van der Waals surface area (Å²) in [6, 6.07) is 0. The van der Waals surface area contributed by atoms with Gasteiger partial charge in [0.2, 0.25) is 5.91 Å². The van der Waals surface area contributed by atoms with E-state index in [9.17, 15) is 4.79 Å². The second-order valence-corrected chi connectivity index (χ2v) is 7.69. The van der Waals surface area contributed by atoms with Crippen LogP contribution in [0.15, 0.2) is 0 Å². The lowest BCUT2D eigenvalue weighted by Gasteiger charge is -2.40. The maximum Gasteiger partial charge on any atom is 0.226 e. The molecule has 0 radical (unpaired) electrons. The Hall–Kier alpha value is -0.570. The molecular weight excluding hydrogens is 236 g/mol. The maximum atomic E-state index is 12.6. The van der Waals surface area contributed by atoms with E-state index in [4.69, 9.17) is 5.73 Å². The van der Waals surface area contributed by atoms with Gasteiger partial charge in [-0.15, -0.1) is 0 Å². The number of likely N-dealkylation sites (tertiary alicyclic amines) is 1. The largest absolute Gasteiger partial charge is 0.342 e. The molecule has 0 aromatic heterocycles. The van der Waals surface area contributed by atoms with Crippen LogP contribution in [0.1, 0.15) is 60.3 Å². The highest BCUT2D eigenvalue weighted by Gasteiger charge is 2.33. The third-order valence-electron chi connectivity index (χ3n) is 4.63. The van der Waals surface area contributed by atoms with Crippen molar-refractivity contribution in [2.75, 3.05) is 19.6 Å². The molecule has 1 amide bonds. The van der Waals surface area contributed by atoms with Crippen LogP contribution >= 0.6 is 0 Å². The number of carbonyl (C=O) groups is 1. The topological polar surface area (TPSA) is 46.3 Å². The van der Waals surface area contributed by atoms with Crippen molar-refractivity contribution in [1.82, 2.24) is 4.90 Å². The molecule has 2 N–H and O–H groups in total. The quantitative estimate of drug-likeness (QED) is 0.852. The van der Waals surface area contributed by atoms with Gasteiger partial charge in [0.25, 0.3) is 0 Å². The summed E-state index contributed by atoms with van der Waals surface area (Å²) < 4.78 is 0. The third kappa shape index (κ3) is 4.79. The van der Waals surface area contributed by atoms with Crippen LogP contribution in [-0.2, 0) is 4.79 Å². The minimum Gasteiger partial charge on any atom is -0.342 e. The van der Waals surface area contributed by atoms with Crippen molar-refractivity contribution in [3.05, 3.63) is 0 Å². The molecule has 0 aromatic rings. The molecule has 3 heteroatoms. The lowest BCUT2D eigenvalue weighted by molar-refractivity contribution is -0.138. The van der Waals surface area contributed by atoms with Crippen molar-refractivity contribution < 1.29 is 4.79 Å². The molecular formula is C16H32N2O. The number of hydrogen-bond donors (Lipinski definition) is 1. The summed E-state index contributed by atoms with van der Waals surface area (Å²) in [6.07, 6.45) is 4.34. The van der Waals surface area contributed by atoms with Crippen LogP contribution < -0.4 is 5.73 Å². The summed E-state index contributed by atoms with van der Waals surface area (Å²) in [5.74, 6) is 0.265. The Morgan fingerprint density at radius 2 is 1.84 bits per heavy atom. The van der Waals surface area contributed by atoms with E-state index in [0.29, 0.717) is 12.0 Å². The molecule has 0 aromatic carbocycles. The van der Waals surface area contributed by atoms with Crippen LogP contribution in [-0.4, -0.2) is 30.4 Å². The molecule has 0 bridgehead atoms. The first kappa shape index (κ1) is 16.5. The minimum absolute atomic E-state index is 0.00835. The van der Waals surface area contributed by atoms with Gasteiger partial charge in [-0.2, -0.15) is 0 Å². The number of hydrogen-bond acceptors (Lipinski definition) is 2. The molecule has 1 aliphatic heterocycles. The van der Waals surface area contributed by atoms with Crippen LogP contribution in [0.5, 0.6) is 0 Å². The van der Waals surface area contributed by atoms with Crippen molar-refractivity contribution in [2.45, 2.75) is 60.3 Å². The third-order valence-corrected chi connectivity index (χ3v) is 4.63. The van der Waals surface area contributed by atoms with Gasteiger partial charge in [-0.1, -0.05) is 41.0 Å². The molecule has 1 saturated heterocycles. The van der Waals surface area contributed by atoms with Crippen LogP contribution in [0, 0.1) is 16.7 Å². The second kappa shape index (κ2) is 6.25. The maximum absolute atomic E-state index is 12.6. The molecule has 112 valence electrons. The monoisotopic (exact) mass is 268 g/mol. The first-order valence-electron chi connectivity index (χ1n) is 7.69. The van der Waals surface area contributed by atoms with E-state index in [1.807, 2.05) is 4.90 Å². The van der Waals surface area contributed by atoms with Gasteiger partial charge in [-0.05, 0) is 30.1 Å². The Kier molecular flexibility index (Phi) is 5.43. The van der Waals surface area contributed by atoms with Crippen molar-refractivity contribution in [3.8, 4) is 0 Å². The minimum atomic E-state index is -0.00835. The highest BCUT2D eigenvalue weighted by Crippen LogP contribution is 2.35. The summed E-state index contributed by atoms with van der Waals surface area (Å²) in [5, 5.41) is 0. The Bertz CT molecular complexity index is 298. The molecule has 0 saturated carbocycles. The molecule has 19 heavy (non-hydrogen) atoms. The number of nitrogens with zero attached hydrogens (tertiary/aromatic N) is 1. The van der Waals surface area contributed by atoms with E-state index in [-0.39, 0.29) is 17.2 Å². The van der Waals surface area contributed by atoms with E-state index < -0.39 is 0 Å². The summed E-state index contributed by atoms with van der Waals surface area (Å²) in [6.45, 7) is 13.4. The smallest absolute Gasteiger partial charge is 0.226 e. The average molecular weight is 268 g/mol. The highest BCUT2D eigenvalue weighted by molar-refractivity contribution is 5.79. The standard InChI is InChI=1S/C16H32N2O/c1-6-16(5)7-9-18(10-8-16)14(19)13(12-17)11-15(2,3)4/h13H,6-12,17H2,1-5H3. The van der Waals surface area contributed by atoms with Crippen LogP contribution in [0.25, 0.3) is 0 Å². The van der Waals surface area contributed by atoms with Gasteiger partial charge in [-0.25, -0.2) is 0 Å². The summed E-state index contributed by atoms with van der Waals surface area (Å²) in [7, 11) is 0.